The van der Waals surface area contributed by atoms with Gasteiger partial charge in [-0.15, -0.1) is 0 Å². The number of hydrogen-bond acceptors (Lipinski definition) is 1. The highest BCUT2D eigenvalue weighted by Gasteiger charge is 2.44. The summed E-state index contributed by atoms with van der Waals surface area (Å²) in [6, 6.07) is 0. The van der Waals surface area contributed by atoms with Crippen LogP contribution in [0.4, 0.5) is 8.78 Å². The summed E-state index contributed by atoms with van der Waals surface area (Å²) in [6.45, 7) is 0.981. The highest BCUT2D eigenvalue weighted by molar-refractivity contribution is 5.83. The van der Waals surface area contributed by atoms with E-state index in [0.717, 1.165) is 26.2 Å². The maximum Gasteiger partial charge on any atom is 0.307 e. The highest BCUT2D eigenvalue weighted by atomic mass is 19.3. The van der Waals surface area contributed by atoms with Crippen molar-refractivity contribution in [2.24, 2.45) is 5.92 Å². The Bertz CT molecular complexity index is 171. The molecule has 0 atom stereocenters. The first kappa shape index (κ1) is 9.62. The van der Waals surface area contributed by atoms with Gasteiger partial charge in [0.05, 0.1) is 0 Å². The van der Waals surface area contributed by atoms with Crippen molar-refractivity contribution in [2.45, 2.75) is 45.0 Å². The molecule has 0 radical (unpaired) electrons. The molecule has 0 aromatic carbocycles. The molecule has 0 heterocycles. The van der Waals surface area contributed by atoms with E-state index in [-0.39, 0.29) is 0 Å². The van der Waals surface area contributed by atoms with Crippen molar-refractivity contribution in [1.82, 2.24) is 0 Å². The van der Waals surface area contributed by atoms with Crippen LogP contribution >= 0.6 is 0 Å². The Morgan fingerprint density at radius 1 is 1.25 bits per heavy atom. The van der Waals surface area contributed by atoms with Crippen LogP contribution < -0.4 is 0 Å². The molecule has 1 rings (SSSR count). The molecule has 1 saturated carbocycles. The first-order chi connectivity index (χ1) is 5.55. The van der Waals surface area contributed by atoms with Crippen LogP contribution in [-0.4, -0.2) is 11.7 Å². The van der Waals surface area contributed by atoms with Gasteiger partial charge in [-0.25, -0.2) is 0 Å². The average Bonchev–Trinajstić information content (AvgIpc) is 2.06. The standard InChI is InChI=1S/C9H14F2O/c1-7(12)9(10,11)8-5-3-2-4-6-8/h8H,2-6H2,1H3. The quantitative estimate of drug-likeness (QED) is 0.632. The minimum Gasteiger partial charge on any atom is -0.293 e. The molecule has 0 aromatic heterocycles. The first-order valence-electron chi connectivity index (χ1n) is 4.44. The van der Waals surface area contributed by atoms with E-state index >= 15 is 0 Å². The van der Waals surface area contributed by atoms with Crippen molar-refractivity contribution >= 4 is 5.78 Å². The normalized spacial score (nSPS) is 20.9. The Balaban J connectivity index is 2.59. The molecule has 1 aliphatic rings. The summed E-state index contributed by atoms with van der Waals surface area (Å²) in [5, 5.41) is 0. The predicted molar refractivity (Wildman–Crippen MR) is 42.2 cm³/mol. The van der Waals surface area contributed by atoms with Gasteiger partial charge in [0, 0.05) is 12.8 Å². The van der Waals surface area contributed by atoms with E-state index in [1.54, 1.807) is 0 Å². The molecule has 0 spiro atoms. The predicted octanol–water partition coefficient (Wildman–Crippen LogP) is 2.79. The number of carbonyl (C=O) groups is 1. The molecular formula is C9H14F2O. The van der Waals surface area contributed by atoms with Crippen molar-refractivity contribution in [3.63, 3.8) is 0 Å². The number of rotatable bonds is 2. The van der Waals surface area contributed by atoms with E-state index in [9.17, 15) is 13.6 Å². The van der Waals surface area contributed by atoms with Gasteiger partial charge in [-0.05, 0) is 12.8 Å². The number of carbonyl (C=O) groups excluding carboxylic acids is 1. The number of Topliss-reactive ketones (excluding diaryl/α,β-unsaturated/α-hetero) is 1. The SMILES string of the molecule is CC(=O)C(F)(F)C1CCCCC1. The lowest BCUT2D eigenvalue weighted by atomic mass is 9.83. The van der Waals surface area contributed by atoms with E-state index < -0.39 is 17.6 Å². The number of alkyl halides is 2. The fourth-order valence-corrected chi connectivity index (χ4v) is 1.75. The van der Waals surface area contributed by atoms with E-state index in [4.69, 9.17) is 0 Å². The molecule has 0 amide bonds. The molecule has 0 aromatic rings. The highest BCUT2D eigenvalue weighted by Crippen LogP contribution is 2.36. The Morgan fingerprint density at radius 2 is 1.75 bits per heavy atom. The Labute approximate surface area is 71.1 Å². The molecule has 0 unspecified atom stereocenters. The zero-order valence-corrected chi connectivity index (χ0v) is 7.28. The smallest absolute Gasteiger partial charge is 0.293 e. The lowest BCUT2D eigenvalue weighted by Crippen LogP contribution is -2.36. The zero-order chi connectivity index (χ0) is 9.19. The van der Waals surface area contributed by atoms with E-state index in [2.05, 4.69) is 0 Å². The Hall–Kier alpha value is -0.470. The maximum absolute atomic E-state index is 13.1. The van der Waals surface area contributed by atoms with E-state index in [0.29, 0.717) is 12.8 Å². The third kappa shape index (κ3) is 1.82. The van der Waals surface area contributed by atoms with Gasteiger partial charge in [-0.2, -0.15) is 8.78 Å². The summed E-state index contributed by atoms with van der Waals surface area (Å²) in [7, 11) is 0. The van der Waals surface area contributed by atoms with Crippen LogP contribution in [0.3, 0.4) is 0 Å². The van der Waals surface area contributed by atoms with E-state index in [1.807, 2.05) is 0 Å². The summed E-state index contributed by atoms with van der Waals surface area (Å²) in [6.07, 6.45) is 3.73. The van der Waals surface area contributed by atoms with Gasteiger partial charge < -0.3 is 0 Å². The number of halogens is 2. The summed E-state index contributed by atoms with van der Waals surface area (Å²) in [5.74, 6) is -4.74. The lowest BCUT2D eigenvalue weighted by molar-refractivity contribution is -0.151. The van der Waals surface area contributed by atoms with Crippen LogP contribution in [0.2, 0.25) is 0 Å². The average molecular weight is 176 g/mol. The molecule has 0 N–H and O–H groups in total. The van der Waals surface area contributed by atoms with Crippen molar-refractivity contribution < 1.29 is 13.6 Å². The summed E-state index contributed by atoms with van der Waals surface area (Å²) < 4.78 is 26.2. The number of ketones is 1. The fourth-order valence-electron chi connectivity index (χ4n) is 1.75. The first-order valence-corrected chi connectivity index (χ1v) is 4.44. The molecule has 12 heavy (non-hydrogen) atoms. The van der Waals surface area contributed by atoms with Gasteiger partial charge in [0.15, 0.2) is 5.78 Å². The molecule has 70 valence electrons. The second-order valence-corrected chi connectivity index (χ2v) is 3.51. The van der Waals surface area contributed by atoms with Crippen LogP contribution in [0.15, 0.2) is 0 Å². The van der Waals surface area contributed by atoms with Gasteiger partial charge in [-0.3, -0.25) is 4.79 Å². The Kier molecular flexibility index (Phi) is 2.80. The summed E-state index contributed by atoms with van der Waals surface area (Å²) in [5.41, 5.74) is 0. The van der Waals surface area contributed by atoms with Crippen LogP contribution in [-0.2, 0) is 4.79 Å². The van der Waals surface area contributed by atoms with Crippen LogP contribution in [0.1, 0.15) is 39.0 Å². The van der Waals surface area contributed by atoms with Crippen LogP contribution in [0.5, 0.6) is 0 Å². The molecule has 3 heteroatoms. The molecule has 1 aliphatic carbocycles. The van der Waals surface area contributed by atoms with Crippen LogP contribution in [0.25, 0.3) is 0 Å². The molecule has 0 saturated heterocycles. The second kappa shape index (κ2) is 3.50. The fraction of sp³-hybridized carbons (Fsp3) is 0.889. The summed E-state index contributed by atoms with van der Waals surface area (Å²) >= 11 is 0. The van der Waals surface area contributed by atoms with Crippen molar-refractivity contribution in [2.75, 3.05) is 0 Å². The van der Waals surface area contributed by atoms with Gasteiger partial charge in [0.2, 0.25) is 0 Å². The van der Waals surface area contributed by atoms with Gasteiger partial charge in [0.1, 0.15) is 0 Å². The second-order valence-electron chi connectivity index (χ2n) is 3.51. The minimum absolute atomic E-state index is 0.507. The largest absolute Gasteiger partial charge is 0.307 e. The van der Waals surface area contributed by atoms with E-state index in [1.165, 1.54) is 0 Å². The topological polar surface area (TPSA) is 17.1 Å². The minimum atomic E-state index is -3.07. The molecular weight excluding hydrogens is 162 g/mol. The van der Waals surface area contributed by atoms with Gasteiger partial charge in [-0.1, -0.05) is 19.3 Å². The maximum atomic E-state index is 13.1. The molecule has 1 fully saturated rings. The van der Waals surface area contributed by atoms with Crippen LogP contribution in [0, 0.1) is 5.92 Å². The van der Waals surface area contributed by atoms with Crippen molar-refractivity contribution in [1.29, 1.82) is 0 Å². The third-order valence-electron chi connectivity index (χ3n) is 2.59. The van der Waals surface area contributed by atoms with Crippen molar-refractivity contribution in [3.8, 4) is 0 Å². The summed E-state index contributed by atoms with van der Waals surface area (Å²) in [4.78, 5) is 10.6. The molecule has 0 bridgehead atoms. The molecule has 0 aliphatic heterocycles. The van der Waals surface area contributed by atoms with Crippen molar-refractivity contribution in [3.05, 3.63) is 0 Å². The third-order valence-corrected chi connectivity index (χ3v) is 2.59. The van der Waals surface area contributed by atoms with Gasteiger partial charge >= 0.3 is 5.92 Å². The zero-order valence-electron chi connectivity index (χ0n) is 7.28. The van der Waals surface area contributed by atoms with Gasteiger partial charge in [0.25, 0.3) is 0 Å². The number of hydrogen-bond donors (Lipinski definition) is 0. The lowest BCUT2D eigenvalue weighted by Gasteiger charge is -2.27. The molecule has 1 nitrogen and oxygen atoms in total. The monoisotopic (exact) mass is 176 g/mol. The Morgan fingerprint density at radius 3 is 2.17 bits per heavy atom.